The molecule has 1 N–H and O–H groups in total. The maximum Gasteiger partial charge on any atom is 0.260 e. The summed E-state index contributed by atoms with van der Waals surface area (Å²) in [5.74, 6) is 0.0167. The summed E-state index contributed by atoms with van der Waals surface area (Å²) in [5.41, 5.74) is 0. The molecule has 0 radical (unpaired) electrons. The molecule has 0 bridgehead atoms. The number of nitrogens with zero attached hydrogens (tertiary/aromatic N) is 1. The van der Waals surface area contributed by atoms with Gasteiger partial charge in [-0.1, -0.05) is 34.8 Å². The molecule has 4 nitrogen and oxygen atoms in total. The fourth-order valence-electron chi connectivity index (χ4n) is 1.14. The molecule has 7 heteroatoms. The topological polar surface area (TPSA) is 49.8 Å². The maximum absolute atomic E-state index is 11.6. The van der Waals surface area contributed by atoms with E-state index < -0.39 is 0 Å². The number of likely N-dealkylation sites (N-methyl/N-ethyl adjacent to an activating group) is 1. The number of benzene rings is 1. The normalized spacial score (nSPS) is 10.3. The minimum absolute atomic E-state index is 0.101. The van der Waals surface area contributed by atoms with Gasteiger partial charge in [0.15, 0.2) is 6.61 Å². The van der Waals surface area contributed by atoms with Crippen LogP contribution < -0.4 is 4.74 Å². The minimum Gasteiger partial charge on any atom is -0.482 e. The SMILES string of the molecule is CN(CCO)C(=O)COc1cc(Cl)c(Cl)cc1Cl. The molecule has 0 fully saturated rings. The van der Waals surface area contributed by atoms with Gasteiger partial charge in [-0.05, 0) is 6.07 Å². The highest BCUT2D eigenvalue weighted by molar-refractivity contribution is 6.43. The number of aliphatic hydroxyl groups is 1. The lowest BCUT2D eigenvalue weighted by Crippen LogP contribution is -2.33. The third-order valence-electron chi connectivity index (χ3n) is 2.19. The summed E-state index contributed by atoms with van der Waals surface area (Å²) in [4.78, 5) is 12.9. The Hall–Kier alpha value is -0.680. The summed E-state index contributed by atoms with van der Waals surface area (Å²) in [6.45, 7) is -0.0404. The lowest BCUT2D eigenvalue weighted by Gasteiger charge is -2.16. The first-order chi connectivity index (χ1) is 8.45. The van der Waals surface area contributed by atoms with Crippen LogP contribution in [0.5, 0.6) is 5.75 Å². The van der Waals surface area contributed by atoms with Gasteiger partial charge in [-0.25, -0.2) is 0 Å². The number of hydrogen-bond acceptors (Lipinski definition) is 3. The van der Waals surface area contributed by atoms with E-state index in [9.17, 15) is 4.79 Å². The smallest absolute Gasteiger partial charge is 0.260 e. The van der Waals surface area contributed by atoms with Crippen molar-refractivity contribution in [3.05, 3.63) is 27.2 Å². The second-order valence-corrected chi connectivity index (χ2v) is 4.75. The van der Waals surface area contributed by atoms with Crippen molar-refractivity contribution in [2.45, 2.75) is 0 Å². The standard InChI is InChI=1S/C11H12Cl3NO3/c1-15(2-3-16)11(17)6-18-10-5-8(13)7(12)4-9(10)14/h4-5,16H,2-3,6H2,1H3. The minimum atomic E-state index is -0.272. The summed E-state index contributed by atoms with van der Waals surface area (Å²) in [5, 5.41) is 9.59. The van der Waals surface area contributed by atoms with Crippen molar-refractivity contribution >= 4 is 40.7 Å². The number of carbonyl (C=O) groups excluding carboxylic acids is 1. The molecule has 0 atom stereocenters. The number of aliphatic hydroxyl groups excluding tert-OH is 1. The van der Waals surface area contributed by atoms with Crippen molar-refractivity contribution < 1.29 is 14.6 Å². The van der Waals surface area contributed by atoms with Crippen molar-refractivity contribution in [1.29, 1.82) is 0 Å². The Bertz CT molecular complexity index is 440. The van der Waals surface area contributed by atoms with Gasteiger partial charge >= 0.3 is 0 Å². The van der Waals surface area contributed by atoms with Crippen molar-refractivity contribution in [3.63, 3.8) is 0 Å². The number of amides is 1. The third-order valence-corrected chi connectivity index (χ3v) is 3.20. The van der Waals surface area contributed by atoms with Crippen LogP contribution in [-0.2, 0) is 4.79 Å². The van der Waals surface area contributed by atoms with Gasteiger partial charge in [-0.15, -0.1) is 0 Å². The van der Waals surface area contributed by atoms with E-state index in [-0.39, 0.29) is 36.4 Å². The average Bonchev–Trinajstić information content (AvgIpc) is 2.32. The van der Waals surface area contributed by atoms with E-state index in [4.69, 9.17) is 44.6 Å². The van der Waals surface area contributed by atoms with E-state index in [0.29, 0.717) is 10.0 Å². The summed E-state index contributed by atoms with van der Waals surface area (Å²) >= 11 is 17.5. The average molecular weight is 313 g/mol. The van der Waals surface area contributed by atoms with Crippen molar-refractivity contribution in [2.24, 2.45) is 0 Å². The van der Waals surface area contributed by atoms with Crippen LogP contribution in [0.3, 0.4) is 0 Å². The Labute approximate surface area is 120 Å². The van der Waals surface area contributed by atoms with E-state index in [0.717, 1.165) is 0 Å². The molecule has 1 rings (SSSR count). The van der Waals surface area contributed by atoms with Crippen LogP contribution >= 0.6 is 34.8 Å². The Morgan fingerprint density at radius 3 is 2.50 bits per heavy atom. The van der Waals surface area contributed by atoms with Crippen LogP contribution in [0.1, 0.15) is 0 Å². The Morgan fingerprint density at radius 1 is 1.28 bits per heavy atom. The molecule has 0 heterocycles. The lowest BCUT2D eigenvalue weighted by atomic mass is 10.3. The van der Waals surface area contributed by atoms with E-state index in [1.165, 1.54) is 17.0 Å². The Balaban J connectivity index is 2.64. The van der Waals surface area contributed by atoms with Gasteiger partial charge in [-0.3, -0.25) is 4.79 Å². The molecule has 0 aliphatic heterocycles. The predicted octanol–water partition coefficient (Wildman–Crippen LogP) is 2.48. The molecular weight excluding hydrogens is 300 g/mol. The van der Waals surface area contributed by atoms with Crippen molar-refractivity contribution in [3.8, 4) is 5.75 Å². The molecule has 18 heavy (non-hydrogen) atoms. The Kier molecular flexibility index (Phi) is 6.02. The number of carbonyl (C=O) groups is 1. The molecule has 1 aromatic carbocycles. The van der Waals surface area contributed by atoms with Gasteiger partial charge in [-0.2, -0.15) is 0 Å². The third kappa shape index (κ3) is 4.21. The van der Waals surface area contributed by atoms with Gasteiger partial charge in [0.1, 0.15) is 5.75 Å². The summed E-state index contributed by atoms with van der Waals surface area (Å²) in [7, 11) is 1.57. The zero-order valence-electron chi connectivity index (χ0n) is 9.62. The van der Waals surface area contributed by atoms with Gasteiger partial charge in [0.2, 0.25) is 0 Å². The first-order valence-electron chi connectivity index (χ1n) is 5.08. The predicted molar refractivity (Wildman–Crippen MR) is 71.7 cm³/mol. The maximum atomic E-state index is 11.6. The fourth-order valence-corrected chi connectivity index (χ4v) is 1.73. The molecule has 0 saturated heterocycles. The molecule has 0 aromatic heterocycles. The molecular formula is C11H12Cl3NO3. The highest BCUT2D eigenvalue weighted by Gasteiger charge is 2.12. The number of hydrogen-bond donors (Lipinski definition) is 1. The first kappa shape index (κ1) is 15.4. The molecule has 1 amide bonds. The number of halogens is 3. The Morgan fingerprint density at radius 2 is 1.89 bits per heavy atom. The zero-order chi connectivity index (χ0) is 13.7. The van der Waals surface area contributed by atoms with Crippen LogP contribution in [0.2, 0.25) is 15.1 Å². The number of rotatable bonds is 5. The molecule has 0 aliphatic carbocycles. The van der Waals surface area contributed by atoms with Gasteiger partial charge in [0.05, 0.1) is 21.7 Å². The quantitative estimate of drug-likeness (QED) is 0.850. The molecule has 0 saturated carbocycles. The van der Waals surface area contributed by atoms with Crippen molar-refractivity contribution in [1.82, 2.24) is 4.90 Å². The van der Waals surface area contributed by atoms with Gasteiger partial charge in [0.25, 0.3) is 5.91 Å². The lowest BCUT2D eigenvalue weighted by molar-refractivity contribution is -0.132. The van der Waals surface area contributed by atoms with Crippen LogP contribution in [-0.4, -0.2) is 42.7 Å². The van der Waals surface area contributed by atoms with Gasteiger partial charge < -0.3 is 14.7 Å². The van der Waals surface area contributed by atoms with Gasteiger partial charge in [0, 0.05) is 19.7 Å². The fraction of sp³-hybridized carbons (Fsp3) is 0.364. The van der Waals surface area contributed by atoms with Crippen LogP contribution in [0.4, 0.5) is 0 Å². The molecule has 0 spiro atoms. The second kappa shape index (κ2) is 7.04. The number of ether oxygens (including phenoxy) is 1. The molecule has 0 unspecified atom stereocenters. The highest BCUT2D eigenvalue weighted by Crippen LogP contribution is 2.33. The summed E-state index contributed by atoms with van der Waals surface area (Å²) in [6, 6.07) is 2.90. The summed E-state index contributed by atoms with van der Waals surface area (Å²) in [6.07, 6.45) is 0. The molecule has 1 aromatic rings. The highest BCUT2D eigenvalue weighted by atomic mass is 35.5. The monoisotopic (exact) mass is 311 g/mol. The van der Waals surface area contributed by atoms with Crippen LogP contribution in [0, 0.1) is 0 Å². The zero-order valence-corrected chi connectivity index (χ0v) is 11.9. The van der Waals surface area contributed by atoms with E-state index >= 15 is 0 Å². The van der Waals surface area contributed by atoms with Crippen molar-refractivity contribution in [2.75, 3.05) is 26.8 Å². The van der Waals surface area contributed by atoms with Crippen LogP contribution in [0.25, 0.3) is 0 Å². The largest absolute Gasteiger partial charge is 0.482 e. The van der Waals surface area contributed by atoms with E-state index in [1.54, 1.807) is 7.05 Å². The van der Waals surface area contributed by atoms with E-state index in [2.05, 4.69) is 0 Å². The molecule has 100 valence electrons. The molecule has 0 aliphatic rings. The van der Waals surface area contributed by atoms with Crippen LogP contribution in [0.15, 0.2) is 12.1 Å². The summed E-state index contributed by atoms with van der Waals surface area (Å²) < 4.78 is 5.25. The van der Waals surface area contributed by atoms with E-state index in [1.807, 2.05) is 0 Å². The second-order valence-electron chi connectivity index (χ2n) is 3.52. The first-order valence-corrected chi connectivity index (χ1v) is 6.21.